The number of aryl methyl sites for hydroxylation is 2. The second-order valence-corrected chi connectivity index (χ2v) is 2.60. The molecule has 1 aromatic rings. The number of terminal acetylenes is 1. The van der Waals surface area contributed by atoms with Crippen LogP contribution in [0.5, 0.6) is 5.75 Å². The number of ether oxygens (including phenoxy) is 1. The van der Waals surface area contributed by atoms with Crippen molar-refractivity contribution in [1.29, 1.82) is 0 Å². The first kappa shape index (κ1) is 8.61. The Morgan fingerprint density at radius 1 is 1.42 bits per heavy atom. The maximum atomic E-state index is 5.34. The quantitative estimate of drug-likeness (QED) is 0.616. The summed E-state index contributed by atoms with van der Waals surface area (Å²) in [5.74, 6) is 3.28. The van der Waals surface area contributed by atoms with E-state index in [2.05, 4.69) is 10.9 Å². The van der Waals surface area contributed by atoms with Crippen molar-refractivity contribution in [3.05, 3.63) is 23.5 Å². The van der Waals surface area contributed by atoms with Gasteiger partial charge in [-0.05, 0) is 13.8 Å². The van der Waals surface area contributed by atoms with Crippen LogP contribution in [0.2, 0.25) is 0 Å². The van der Waals surface area contributed by atoms with E-state index >= 15 is 0 Å². The van der Waals surface area contributed by atoms with Gasteiger partial charge >= 0.3 is 0 Å². The molecule has 0 radical (unpaired) electrons. The van der Waals surface area contributed by atoms with E-state index in [1.165, 1.54) is 0 Å². The van der Waals surface area contributed by atoms with Gasteiger partial charge in [-0.2, -0.15) is 0 Å². The molecule has 1 aromatic heterocycles. The molecular weight excluding hydrogens is 150 g/mol. The predicted molar refractivity (Wildman–Crippen MR) is 48.0 cm³/mol. The maximum absolute atomic E-state index is 5.34. The Hall–Kier alpha value is -1.49. The fourth-order valence-electron chi connectivity index (χ4n) is 1.03. The van der Waals surface area contributed by atoms with Crippen molar-refractivity contribution in [3.63, 3.8) is 0 Å². The molecule has 0 aliphatic carbocycles. The molecule has 2 nitrogen and oxygen atoms in total. The van der Waals surface area contributed by atoms with Crippen LogP contribution in [0.3, 0.4) is 0 Å². The van der Waals surface area contributed by atoms with Crippen molar-refractivity contribution in [2.75, 3.05) is 6.61 Å². The minimum Gasteiger partial charge on any atom is -0.480 e. The highest BCUT2D eigenvalue weighted by Crippen LogP contribution is 2.20. The van der Waals surface area contributed by atoms with Gasteiger partial charge in [0.2, 0.25) is 0 Å². The topological polar surface area (TPSA) is 22.1 Å². The third-order valence-electron chi connectivity index (χ3n) is 1.55. The van der Waals surface area contributed by atoms with Gasteiger partial charge in [-0.25, -0.2) is 0 Å². The lowest BCUT2D eigenvalue weighted by atomic mass is 10.2. The summed E-state index contributed by atoms with van der Waals surface area (Å²) in [6.45, 7) is 4.21. The summed E-state index contributed by atoms with van der Waals surface area (Å²) in [5.41, 5.74) is 2.04. The summed E-state index contributed by atoms with van der Waals surface area (Å²) < 4.78 is 5.34. The molecule has 62 valence electrons. The van der Waals surface area contributed by atoms with Crippen LogP contribution in [0.15, 0.2) is 12.4 Å². The summed E-state index contributed by atoms with van der Waals surface area (Å²) in [5, 5.41) is 0. The molecule has 0 saturated heterocycles. The molecule has 0 bridgehead atoms. The van der Waals surface area contributed by atoms with E-state index < -0.39 is 0 Å². The van der Waals surface area contributed by atoms with E-state index in [0.717, 1.165) is 16.9 Å². The van der Waals surface area contributed by atoms with E-state index in [-0.39, 0.29) is 0 Å². The lowest BCUT2D eigenvalue weighted by Crippen LogP contribution is -1.98. The first-order chi connectivity index (χ1) is 5.75. The number of pyridine rings is 1. The number of aromatic nitrogens is 1. The highest BCUT2D eigenvalue weighted by molar-refractivity contribution is 5.36. The Bertz CT molecular complexity index is 292. The van der Waals surface area contributed by atoms with E-state index in [1.807, 2.05) is 13.8 Å². The van der Waals surface area contributed by atoms with Gasteiger partial charge in [-0.3, -0.25) is 4.98 Å². The second kappa shape index (κ2) is 3.77. The highest BCUT2D eigenvalue weighted by atomic mass is 16.5. The van der Waals surface area contributed by atoms with Gasteiger partial charge in [0, 0.05) is 23.5 Å². The van der Waals surface area contributed by atoms with Crippen molar-refractivity contribution in [2.45, 2.75) is 13.8 Å². The summed E-state index contributed by atoms with van der Waals surface area (Å²) in [6.07, 6.45) is 8.61. The molecule has 0 fully saturated rings. The zero-order chi connectivity index (χ0) is 8.97. The van der Waals surface area contributed by atoms with Gasteiger partial charge in [0.1, 0.15) is 12.4 Å². The van der Waals surface area contributed by atoms with E-state index in [4.69, 9.17) is 11.2 Å². The Balaban J connectivity index is 2.90. The number of hydrogen-bond donors (Lipinski definition) is 0. The first-order valence-electron chi connectivity index (χ1n) is 3.73. The van der Waals surface area contributed by atoms with Crippen molar-refractivity contribution in [2.24, 2.45) is 0 Å². The van der Waals surface area contributed by atoms with Gasteiger partial charge < -0.3 is 4.74 Å². The molecule has 0 atom stereocenters. The molecule has 0 unspecified atom stereocenters. The summed E-state index contributed by atoms with van der Waals surface area (Å²) in [6, 6.07) is 0. The Labute approximate surface area is 72.6 Å². The lowest BCUT2D eigenvalue weighted by molar-refractivity contribution is 0.364. The fraction of sp³-hybridized carbons (Fsp3) is 0.300. The molecule has 0 aliphatic rings. The fourth-order valence-corrected chi connectivity index (χ4v) is 1.03. The van der Waals surface area contributed by atoms with Crippen molar-refractivity contribution in [1.82, 2.24) is 4.98 Å². The van der Waals surface area contributed by atoms with Gasteiger partial charge in [0.15, 0.2) is 0 Å². The monoisotopic (exact) mass is 161 g/mol. The Morgan fingerprint density at radius 3 is 2.50 bits per heavy atom. The molecular formula is C10H11NO. The van der Waals surface area contributed by atoms with Gasteiger partial charge in [-0.15, -0.1) is 6.42 Å². The molecule has 1 heterocycles. The molecule has 0 saturated carbocycles. The van der Waals surface area contributed by atoms with Crippen LogP contribution >= 0.6 is 0 Å². The normalized spacial score (nSPS) is 9.08. The second-order valence-electron chi connectivity index (χ2n) is 2.60. The van der Waals surface area contributed by atoms with Crippen LogP contribution in [0.25, 0.3) is 0 Å². The van der Waals surface area contributed by atoms with Crippen LogP contribution < -0.4 is 4.74 Å². The maximum Gasteiger partial charge on any atom is 0.148 e. The summed E-state index contributed by atoms with van der Waals surface area (Å²) >= 11 is 0. The van der Waals surface area contributed by atoms with Crippen LogP contribution in [0.4, 0.5) is 0 Å². The van der Waals surface area contributed by atoms with Gasteiger partial charge in [0.25, 0.3) is 0 Å². The number of rotatable bonds is 2. The summed E-state index contributed by atoms with van der Waals surface area (Å²) in [7, 11) is 0. The van der Waals surface area contributed by atoms with E-state index in [0.29, 0.717) is 6.61 Å². The largest absolute Gasteiger partial charge is 0.480 e. The average Bonchev–Trinajstić information content (AvgIpc) is 2.04. The zero-order valence-corrected chi connectivity index (χ0v) is 7.29. The van der Waals surface area contributed by atoms with Crippen LogP contribution in [0, 0.1) is 26.2 Å². The minimum atomic E-state index is 0.311. The van der Waals surface area contributed by atoms with Crippen molar-refractivity contribution < 1.29 is 4.74 Å². The predicted octanol–water partition coefficient (Wildman–Crippen LogP) is 1.71. The third-order valence-corrected chi connectivity index (χ3v) is 1.55. The van der Waals surface area contributed by atoms with Crippen molar-refractivity contribution >= 4 is 0 Å². The molecule has 1 rings (SSSR count). The third kappa shape index (κ3) is 1.76. The molecule has 0 aromatic carbocycles. The van der Waals surface area contributed by atoms with Crippen molar-refractivity contribution in [3.8, 4) is 18.1 Å². The lowest BCUT2D eigenvalue weighted by Gasteiger charge is -2.07. The Morgan fingerprint density at radius 2 is 2.00 bits per heavy atom. The first-order valence-corrected chi connectivity index (χ1v) is 3.73. The van der Waals surface area contributed by atoms with Crippen LogP contribution in [-0.4, -0.2) is 11.6 Å². The van der Waals surface area contributed by atoms with E-state index in [9.17, 15) is 0 Å². The molecule has 0 N–H and O–H groups in total. The van der Waals surface area contributed by atoms with Crippen LogP contribution in [-0.2, 0) is 0 Å². The zero-order valence-electron chi connectivity index (χ0n) is 7.29. The molecule has 0 amide bonds. The molecule has 0 aliphatic heterocycles. The van der Waals surface area contributed by atoms with Gasteiger partial charge in [0.05, 0.1) is 0 Å². The highest BCUT2D eigenvalue weighted by Gasteiger charge is 2.01. The van der Waals surface area contributed by atoms with E-state index in [1.54, 1.807) is 12.4 Å². The SMILES string of the molecule is C#CCOc1c(C)cncc1C. The number of hydrogen-bond acceptors (Lipinski definition) is 2. The standard InChI is InChI=1S/C10H11NO/c1-4-5-12-10-8(2)6-11-7-9(10)3/h1,6-7H,5H2,2-3H3. The minimum absolute atomic E-state index is 0.311. The van der Waals surface area contributed by atoms with Crippen LogP contribution in [0.1, 0.15) is 11.1 Å². The van der Waals surface area contributed by atoms with Gasteiger partial charge in [-0.1, -0.05) is 5.92 Å². The summed E-state index contributed by atoms with van der Waals surface area (Å²) in [4.78, 5) is 4.02. The Kier molecular flexibility index (Phi) is 2.71. The molecule has 12 heavy (non-hydrogen) atoms. The molecule has 0 spiro atoms. The smallest absolute Gasteiger partial charge is 0.148 e. The molecule has 2 heteroatoms. The number of nitrogens with zero attached hydrogens (tertiary/aromatic N) is 1. The average molecular weight is 161 g/mol.